The molecule has 88 valence electrons. The summed E-state index contributed by atoms with van der Waals surface area (Å²) < 4.78 is 23.1. The lowest BCUT2D eigenvalue weighted by atomic mass is 10.1. The van der Waals surface area contributed by atoms with Crippen molar-refractivity contribution in [1.29, 1.82) is 0 Å². The van der Waals surface area contributed by atoms with E-state index in [9.17, 15) is 9.18 Å². The molecule has 0 fully saturated rings. The van der Waals surface area contributed by atoms with Crippen LogP contribution in [0.5, 0.6) is 5.75 Å². The summed E-state index contributed by atoms with van der Waals surface area (Å²) in [7, 11) is 1.38. The number of rotatable bonds is 4. The van der Waals surface area contributed by atoms with Crippen LogP contribution in [0.25, 0.3) is 0 Å². The van der Waals surface area contributed by atoms with Crippen LogP contribution < -0.4 is 4.74 Å². The Bertz CT molecular complexity index is 393. The number of hydrogen-bond donors (Lipinski definition) is 0. The van der Waals surface area contributed by atoms with Crippen LogP contribution >= 0.6 is 15.9 Å². The molecule has 0 aliphatic carbocycles. The van der Waals surface area contributed by atoms with Crippen molar-refractivity contribution in [2.24, 2.45) is 0 Å². The smallest absolute Gasteiger partial charge is 0.338 e. The van der Waals surface area contributed by atoms with E-state index in [0.29, 0.717) is 10.9 Å². The van der Waals surface area contributed by atoms with Crippen LogP contribution in [0.2, 0.25) is 0 Å². The van der Waals surface area contributed by atoms with Crippen molar-refractivity contribution >= 4 is 21.9 Å². The van der Waals surface area contributed by atoms with Gasteiger partial charge in [-0.25, -0.2) is 9.18 Å². The number of ether oxygens (including phenoxy) is 2. The highest BCUT2D eigenvalue weighted by molar-refractivity contribution is 9.08. The minimum atomic E-state index is -0.574. The maximum atomic E-state index is 13.4. The second kappa shape index (κ2) is 5.84. The van der Waals surface area contributed by atoms with Crippen molar-refractivity contribution in [1.82, 2.24) is 0 Å². The Morgan fingerprint density at radius 3 is 2.69 bits per heavy atom. The number of methoxy groups -OCH3 is 1. The molecule has 0 bridgehead atoms. The third-order valence-electron chi connectivity index (χ3n) is 2.02. The number of benzene rings is 1. The van der Waals surface area contributed by atoms with Gasteiger partial charge in [-0.05, 0) is 24.6 Å². The van der Waals surface area contributed by atoms with Gasteiger partial charge in [0.2, 0.25) is 0 Å². The summed E-state index contributed by atoms with van der Waals surface area (Å²) in [4.78, 5) is 11.5. The third kappa shape index (κ3) is 2.72. The fourth-order valence-corrected chi connectivity index (χ4v) is 1.73. The van der Waals surface area contributed by atoms with Gasteiger partial charge in [-0.2, -0.15) is 0 Å². The van der Waals surface area contributed by atoms with Gasteiger partial charge in [-0.1, -0.05) is 15.9 Å². The highest BCUT2D eigenvalue weighted by atomic mass is 79.9. The number of esters is 1. The lowest BCUT2D eigenvalue weighted by molar-refractivity contribution is 0.0525. The van der Waals surface area contributed by atoms with Gasteiger partial charge in [0.1, 0.15) is 0 Å². The third-order valence-corrected chi connectivity index (χ3v) is 2.62. The average molecular weight is 291 g/mol. The predicted octanol–water partition coefficient (Wildman–Crippen LogP) is 2.91. The summed E-state index contributed by atoms with van der Waals surface area (Å²) in [6.07, 6.45) is 0. The summed E-state index contributed by atoms with van der Waals surface area (Å²) in [6, 6.07) is 2.61. The molecule has 16 heavy (non-hydrogen) atoms. The first-order valence-electron chi connectivity index (χ1n) is 4.73. The Morgan fingerprint density at radius 1 is 1.50 bits per heavy atom. The Kier molecular flexibility index (Phi) is 4.73. The standard InChI is InChI=1S/C11H12BrFO3/c1-3-16-11(14)8-5-9(13)10(15-2)4-7(8)6-12/h4-5H,3,6H2,1-2H3. The molecule has 0 aliphatic rings. The fourth-order valence-electron chi connectivity index (χ4n) is 1.26. The molecule has 0 unspecified atom stereocenters. The first-order valence-corrected chi connectivity index (χ1v) is 5.85. The van der Waals surface area contributed by atoms with Crippen molar-refractivity contribution in [2.45, 2.75) is 12.3 Å². The van der Waals surface area contributed by atoms with Gasteiger partial charge in [0.15, 0.2) is 11.6 Å². The van der Waals surface area contributed by atoms with Gasteiger partial charge in [0, 0.05) is 5.33 Å². The van der Waals surface area contributed by atoms with Gasteiger partial charge in [0.25, 0.3) is 0 Å². The molecule has 0 aromatic heterocycles. The van der Waals surface area contributed by atoms with Gasteiger partial charge in [-0.3, -0.25) is 0 Å². The Hall–Kier alpha value is -1.10. The monoisotopic (exact) mass is 290 g/mol. The minimum Gasteiger partial charge on any atom is -0.494 e. The molecule has 5 heteroatoms. The van der Waals surface area contributed by atoms with Crippen LogP contribution in [0.1, 0.15) is 22.8 Å². The minimum absolute atomic E-state index is 0.113. The molecule has 0 heterocycles. The second-order valence-corrected chi connectivity index (χ2v) is 3.56. The Morgan fingerprint density at radius 2 is 2.19 bits per heavy atom. The lowest BCUT2D eigenvalue weighted by Gasteiger charge is -2.09. The van der Waals surface area contributed by atoms with Gasteiger partial charge < -0.3 is 9.47 Å². The molecular weight excluding hydrogens is 279 g/mol. The molecule has 0 radical (unpaired) electrons. The van der Waals surface area contributed by atoms with Crippen molar-refractivity contribution in [3.05, 3.63) is 29.1 Å². The number of halogens is 2. The molecule has 0 saturated heterocycles. The van der Waals surface area contributed by atoms with E-state index in [1.54, 1.807) is 6.92 Å². The summed E-state index contributed by atoms with van der Waals surface area (Å²) in [5.74, 6) is -0.990. The van der Waals surface area contributed by atoms with Crippen molar-refractivity contribution in [2.75, 3.05) is 13.7 Å². The molecular formula is C11H12BrFO3. The first-order chi connectivity index (χ1) is 7.63. The number of carbonyl (C=O) groups is 1. The summed E-state index contributed by atoms with van der Waals surface area (Å²) >= 11 is 3.23. The SMILES string of the molecule is CCOC(=O)c1cc(F)c(OC)cc1CBr. The molecule has 0 spiro atoms. The summed E-state index contributed by atoms with van der Waals surface area (Å²) in [5.41, 5.74) is 0.855. The zero-order valence-corrected chi connectivity index (χ0v) is 10.6. The molecule has 0 aliphatic heterocycles. The van der Waals surface area contributed by atoms with E-state index >= 15 is 0 Å². The topological polar surface area (TPSA) is 35.5 Å². The summed E-state index contributed by atoms with van der Waals surface area (Å²) in [5, 5.41) is 0.428. The first kappa shape index (κ1) is 13.0. The highest BCUT2D eigenvalue weighted by Gasteiger charge is 2.16. The zero-order valence-electron chi connectivity index (χ0n) is 9.05. The van der Waals surface area contributed by atoms with Crippen LogP contribution in [0.3, 0.4) is 0 Å². The van der Waals surface area contributed by atoms with Crippen LogP contribution in [0.15, 0.2) is 12.1 Å². The maximum absolute atomic E-state index is 13.4. The van der Waals surface area contributed by atoms with Crippen LogP contribution in [0, 0.1) is 5.82 Å². The maximum Gasteiger partial charge on any atom is 0.338 e. The van der Waals surface area contributed by atoms with Gasteiger partial charge >= 0.3 is 5.97 Å². The lowest BCUT2D eigenvalue weighted by Crippen LogP contribution is -2.08. The number of alkyl halides is 1. The van der Waals surface area contributed by atoms with E-state index in [-0.39, 0.29) is 17.9 Å². The molecule has 0 saturated carbocycles. The van der Waals surface area contributed by atoms with E-state index in [2.05, 4.69) is 15.9 Å². The highest BCUT2D eigenvalue weighted by Crippen LogP contribution is 2.24. The normalized spacial score (nSPS) is 10.0. The van der Waals surface area contributed by atoms with Crippen molar-refractivity contribution in [3.63, 3.8) is 0 Å². The number of carbonyl (C=O) groups excluding carboxylic acids is 1. The van der Waals surface area contributed by atoms with Crippen LogP contribution in [0.4, 0.5) is 4.39 Å². The van der Waals surface area contributed by atoms with E-state index < -0.39 is 11.8 Å². The van der Waals surface area contributed by atoms with Gasteiger partial charge in [-0.15, -0.1) is 0 Å². The average Bonchev–Trinajstić information content (AvgIpc) is 2.29. The largest absolute Gasteiger partial charge is 0.494 e. The van der Waals surface area contributed by atoms with E-state index in [4.69, 9.17) is 9.47 Å². The molecule has 0 atom stereocenters. The Balaban J connectivity index is 3.17. The fraction of sp³-hybridized carbons (Fsp3) is 0.364. The van der Waals surface area contributed by atoms with E-state index in [0.717, 1.165) is 6.07 Å². The molecule has 1 aromatic rings. The van der Waals surface area contributed by atoms with Crippen LogP contribution in [-0.2, 0) is 10.1 Å². The van der Waals surface area contributed by atoms with E-state index in [1.807, 2.05) is 0 Å². The molecule has 1 rings (SSSR count). The molecule has 1 aromatic carbocycles. The predicted molar refractivity (Wildman–Crippen MR) is 61.5 cm³/mol. The molecule has 3 nitrogen and oxygen atoms in total. The summed E-state index contributed by atoms with van der Waals surface area (Å²) in [6.45, 7) is 1.96. The number of hydrogen-bond acceptors (Lipinski definition) is 3. The van der Waals surface area contributed by atoms with Crippen molar-refractivity contribution in [3.8, 4) is 5.75 Å². The van der Waals surface area contributed by atoms with Crippen LogP contribution in [-0.4, -0.2) is 19.7 Å². The van der Waals surface area contributed by atoms with E-state index in [1.165, 1.54) is 13.2 Å². The second-order valence-electron chi connectivity index (χ2n) is 3.00. The van der Waals surface area contributed by atoms with Crippen molar-refractivity contribution < 1.29 is 18.7 Å². The molecule has 0 amide bonds. The zero-order chi connectivity index (χ0) is 12.1. The molecule has 0 N–H and O–H groups in total. The quantitative estimate of drug-likeness (QED) is 0.632. The van der Waals surface area contributed by atoms with Gasteiger partial charge in [0.05, 0.1) is 19.3 Å². The Labute approximate surface area is 102 Å².